The number of aromatic nitrogens is 2. The molecule has 0 saturated heterocycles. The number of carboxylic acids is 2. The molecule has 0 aliphatic heterocycles. The zero-order valence-corrected chi connectivity index (χ0v) is 17.8. The molecule has 31 heavy (non-hydrogen) atoms. The van der Waals surface area contributed by atoms with E-state index in [1.54, 1.807) is 6.92 Å². The number of carbonyl (C=O) groups is 3. The van der Waals surface area contributed by atoms with Crippen LogP contribution < -0.4 is 16.2 Å². The van der Waals surface area contributed by atoms with E-state index in [4.69, 9.17) is 10.2 Å². The van der Waals surface area contributed by atoms with Crippen LogP contribution in [0.2, 0.25) is 0 Å². The van der Waals surface area contributed by atoms with Crippen molar-refractivity contribution in [1.29, 1.82) is 0 Å². The van der Waals surface area contributed by atoms with Gasteiger partial charge in [-0.1, -0.05) is 20.8 Å². The van der Waals surface area contributed by atoms with Crippen molar-refractivity contribution in [2.24, 2.45) is 5.41 Å². The van der Waals surface area contributed by atoms with E-state index in [0.29, 0.717) is 12.1 Å². The van der Waals surface area contributed by atoms with Crippen molar-refractivity contribution in [3.63, 3.8) is 0 Å². The molecule has 0 radical (unpaired) electrons. The van der Waals surface area contributed by atoms with Crippen LogP contribution in [0.15, 0.2) is 10.9 Å². The summed E-state index contributed by atoms with van der Waals surface area (Å²) >= 11 is 0. The summed E-state index contributed by atoms with van der Waals surface area (Å²) in [6.45, 7) is 6.52. The lowest BCUT2D eigenvalue weighted by Crippen LogP contribution is -2.36. The number of rotatable bonds is 8. The molecule has 0 fully saturated rings. The number of anilines is 1. The number of aromatic hydroxyl groups is 1. The molecule has 0 aliphatic carbocycles. The molecule has 0 aliphatic rings. The highest BCUT2D eigenvalue weighted by Crippen LogP contribution is 2.33. The quantitative estimate of drug-likeness (QED) is 0.409. The van der Waals surface area contributed by atoms with Crippen LogP contribution in [0.1, 0.15) is 43.2 Å². The van der Waals surface area contributed by atoms with Crippen molar-refractivity contribution in [3.05, 3.63) is 27.7 Å². The van der Waals surface area contributed by atoms with Crippen molar-refractivity contribution in [3.8, 4) is 5.75 Å². The Balaban J connectivity index is 2.80. The highest BCUT2D eigenvalue weighted by atomic mass is 16.4. The summed E-state index contributed by atoms with van der Waals surface area (Å²) in [5, 5.41) is 33.4. The lowest BCUT2D eigenvalue weighted by Gasteiger charge is -2.21. The molecule has 2 aromatic heterocycles. The third kappa shape index (κ3) is 5.71. The molecule has 2 aromatic rings. The van der Waals surface area contributed by atoms with Gasteiger partial charge in [-0.15, -0.1) is 0 Å². The monoisotopic (exact) mass is 434 g/mol. The van der Waals surface area contributed by atoms with Crippen LogP contribution in [0, 0.1) is 12.3 Å². The first kappa shape index (κ1) is 23.6. The fraction of sp³-hybridized carbons (Fsp3) is 0.450. The van der Waals surface area contributed by atoms with Gasteiger partial charge in [0, 0.05) is 12.2 Å². The molecule has 2 rings (SSSR count). The van der Waals surface area contributed by atoms with E-state index in [1.807, 2.05) is 20.8 Å². The van der Waals surface area contributed by atoms with Gasteiger partial charge >= 0.3 is 11.9 Å². The van der Waals surface area contributed by atoms with Crippen LogP contribution in [-0.4, -0.2) is 55.8 Å². The summed E-state index contributed by atoms with van der Waals surface area (Å²) < 4.78 is 1.24. The number of nitrogens with one attached hydrogen (secondary N) is 2. The maximum Gasteiger partial charge on any atom is 0.322 e. The molecule has 5 N–H and O–H groups in total. The van der Waals surface area contributed by atoms with E-state index in [1.165, 1.54) is 10.6 Å². The summed E-state index contributed by atoms with van der Waals surface area (Å²) in [6, 6.07) is 1.49. The molecule has 0 aromatic carbocycles. The fourth-order valence-electron chi connectivity index (χ4n) is 2.96. The van der Waals surface area contributed by atoms with Crippen molar-refractivity contribution < 1.29 is 29.7 Å². The highest BCUT2D eigenvalue weighted by molar-refractivity contribution is 6.06. The maximum absolute atomic E-state index is 13.1. The fourth-order valence-corrected chi connectivity index (χ4v) is 2.96. The van der Waals surface area contributed by atoms with Crippen LogP contribution in [-0.2, 0) is 16.1 Å². The molecule has 0 spiro atoms. The van der Waals surface area contributed by atoms with Gasteiger partial charge in [-0.3, -0.25) is 23.7 Å². The van der Waals surface area contributed by atoms with E-state index in [-0.39, 0.29) is 28.7 Å². The first-order valence-electron chi connectivity index (χ1n) is 9.54. The number of hydrogen-bond donors (Lipinski definition) is 5. The number of carbonyl (C=O) groups excluding carboxylic acids is 1. The van der Waals surface area contributed by atoms with Crippen molar-refractivity contribution in [2.75, 3.05) is 18.4 Å². The van der Waals surface area contributed by atoms with Crippen LogP contribution in [0.25, 0.3) is 11.0 Å². The summed E-state index contributed by atoms with van der Waals surface area (Å²) in [5.41, 5.74) is -0.879. The Morgan fingerprint density at radius 2 is 1.74 bits per heavy atom. The zero-order valence-electron chi connectivity index (χ0n) is 17.8. The number of fused-ring (bicyclic) bond motifs is 1. The second-order valence-electron chi connectivity index (χ2n) is 8.32. The lowest BCUT2D eigenvalue weighted by atomic mass is 9.92. The van der Waals surface area contributed by atoms with Crippen molar-refractivity contribution in [2.45, 2.75) is 40.7 Å². The molecule has 11 nitrogen and oxygen atoms in total. The number of aliphatic carboxylic acids is 2. The lowest BCUT2D eigenvalue weighted by molar-refractivity contribution is -0.136. The summed E-state index contributed by atoms with van der Waals surface area (Å²) in [6.07, 6.45) is 0.538. The summed E-state index contributed by atoms with van der Waals surface area (Å²) in [7, 11) is 0. The topological polar surface area (TPSA) is 171 Å². The Morgan fingerprint density at radius 1 is 1.13 bits per heavy atom. The van der Waals surface area contributed by atoms with E-state index < -0.39 is 47.8 Å². The third-order valence-corrected chi connectivity index (χ3v) is 4.46. The number of carboxylic acid groups (broad SMARTS) is 2. The second-order valence-corrected chi connectivity index (χ2v) is 8.32. The van der Waals surface area contributed by atoms with Gasteiger partial charge in [-0.2, -0.15) is 0 Å². The molecule has 0 bridgehead atoms. The number of pyridine rings is 2. The smallest absolute Gasteiger partial charge is 0.322 e. The number of aryl methyl sites for hydroxylation is 2. The predicted molar refractivity (Wildman–Crippen MR) is 113 cm³/mol. The van der Waals surface area contributed by atoms with Crippen LogP contribution >= 0.6 is 0 Å². The van der Waals surface area contributed by atoms with Gasteiger partial charge in [0.25, 0.3) is 11.5 Å². The average Bonchev–Trinajstić information content (AvgIpc) is 2.62. The van der Waals surface area contributed by atoms with Gasteiger partial charge in [-0.25, -0.2) is 4.98 Å². The molecule has 0 atom stereocenters. The number of hydrogen-bond acceptors (Lipinski definition) is 7. The van der Waals surface area contributed by atoms with Gasteiger partial charge in [0.1, 0.15) is 30.0 Å². The Morgan fingerprint density at radius 3 is 2.29 bits per heavy atom. The third-order valence-electron chi connectivity index (χ3n) is 4.46. The Bertz CT molecular complexity index is 1100. The average molecular weight is 434 g/mol. The minimum Gasteiger partial charge on any atom is -0.506 e. The van der Waals surface area contributed by atoms with E-state index >= 15 is 0 Å². The van der Waals surface area contributed by atoms with Gasteiger partial charge in [0.05, 0.1) is 11.1 Å². The standard InChI is InChI=1S/C20H26N4O7/c1-10-7-11(21-8-12(25)26)14-16(29)15(18(30)22-9-13(27)28)19(31)24(17(14)23-10)6-5-20(2,3)4/h7,29H,5-6,8-9H2,1-4H3,(H,21,23)(H,22,30)(H,25,26)(H,27,28). The van der Waals surface area contributed by atoms with Crippen LogP contribution in [0.3, 0.4) is 0 Å². The van der Waals surface area contributed by atoms with E-state index in [0.717, 1.165) is 0 Å². The SMILES string of the molecule is Cc1cc(NCC(=O)O)c2c(O)c(C(=O)NCC(=O)O)c(=O)n(CCC(C)(C)C)c2n1. The summed E-state index contributed by atoms with van der Waals surface area (Å²) in [5.74, 6) is -4.22. The van der Waals surface area contributed by atoms with E-state index in [9.17, 15) is 24.3 Å². The van der Waals surface area contributed by atoms with Crippen LogP contribution in [0.4, 0.5) is 5.69 Å². The normalized spacial score (nSPS) is 11.4. The number of amides is 1. The first-order valence-corrected chi connectivity index (χ1v) is 9.54. The molecule has 11 heteroatoms. The minimum absolute atomic E-state index is 0.000772. The van der Waals surface area contributed by atoms with Gasteiger partial charge in [-0.05, 0) is 24.8 Å². The first-order chi connectivity index (χ1) is 14.3. The Labute approximate surface area is 177 Å². The van der Waals surface area contributed by atoms with Crippen molar-refractivity contribution in [1.82, 2.24) is 14.9 Å². The summed E-state index contributed by atoms with van der Waals surface area (Å²) in [4.78, 5) is 51.9. The van der Waals surface area contributed by atoms with Crippen LogP contribution in [0.5, 0.6) is 5.75 Å². The maximum atomic E-state index is 13.1. The molecule has 0 saturated carbocycles. The molecule has 2 heterocycles. The largest absolute Gasteiger partial charge is 0.506 e. The molecular weight excluding hydrogens is 408 g/mol. The van der Waals surface area contributed by atoms with Crippen molar-refractivity contribution >= 4 is 34.6 Å². The number of nitrogens with zero attached hydrogens (tertiary/aromatic N) is 2. The molecular formula is C20H26N4O7. The van der Waals surface area contributed by atoms with E-state index in [2.05, 4.69) is 15.6 Å². The minimum atomic E-state index is -1.32. The van der Waals surface area contributed by atoms with Gasteiger partial charge < -0.3 is 26.0 Å². The predicted octanol–water partition coefficient (Wildman–Crippen LogP) is 1.16. The van der Waals surface area contributed by atoms with Gasteiger partial charge in [0.2, 0.25) is 0 Å². The molecule has 0 unspecified atom stereocenters. The second kappa shape index (κ2) is 9.02. The zero-order chi connectivity index (χ0) is 23.5. The van der Waals surface area contributed by atoms with Gasteiger partial charge in [0.15, 0.2) is 0 Å². The molecule has 168 valence electrons. The Hall–Kier alpha value is -3.63. The molecule has 1 amide bonds. The Kier molecular flexibility index (Phi) is 6.88. The highest BCUT2D eigenvalue weighted by Gasteiger charge is 2.26.